The lowest BCUT2D eigenvalue weighted by Gasteiger charge is -2.05. The van der Waals surface area contributed by atoms with Crippen LogP contribution >= 0.6 is 0 Å². The molecule has 0 aliphatic carbocycles. The first kappa shape index (κ1) is 15.3. The van der Waals surface area contributed by atoms with Crippen LogP contribution in [-0.2, 0) is 23.0 Å². The Labute approximate surface area is 123 Å². The molecule has 0 saturated heterocycles. The lowest BCUT2D eigenvalue weighted by molar-refractivity contribution is 0.0921. The highest BCUT2D eigenvalue weighted by molar-refractivity contribution is 7.89. The molecule has 21 heavy (non-hydrogen) atoms. The zero-order chi connectivity index (χ0) is 15.5. The van der Waals surface area contributed by atoms with Gasteiger partial charge in [0, 0.05) is 13.0 Å². The van der Waals surface area contributed by atoms with Gasteiger partial charge in [0.15, 0.2) is 5.76 Å². The fourth-order valence-electron chi connectivity index (χ4n) is 1.79. The summed E-state index contributed by atoms with van der Waals surface area (Å²) in [6, 6.07) is 9.46. The van der Waals surface area contributed by atoms with Gasteiger partial charge in [-0.05, 0) is 29.8 Å². The van der Waals surface area contributed by atoms with Crippen molar-refractivity contribution in [2.75, 3.05) is 0 Å². The van der Waals surface area contributed by atoms with Gasteiger partial charge in [-0.1, -0.05) is 19.1 Å². The summed E-state index contributed by atoms with van der Waals surface area (Å²) < 4.78 is 27.8. The maximum atomic E-state index is 11.9. The standard InChI is InChI=1S/C14H16N2O4S/c1-2-11-6-7-13(20-11)14(17)16-9-10-4-3-5-12(8-10)21(15,18)19/h3-8H,2,9H2,1H3,(H,16,17)(H2,15,18,19). The van der Waals surface area contributed by atoms with Crippen LogP contribution in [0, 0.1) is 0 Å². The topological polar surface area (TPSA) is 102 Å². The Morgan fingerprint density at radius 1 is 1.29 bits per heavy atom. The minimum atomic E-state index is -3.75. The summed E-state index contributed by atoms with van der Waals surface area (Å²) in [5.74, 6) is 0.613. The van der Waals surface area contributed by atoms with Gasteiger partial charge >= 0.3 is 0 Å². The van der Waals surface area contributed by atoms with E-state index in [-0.39, 0.29) is 23.1 Å². The number of sulfonamides is 1. The Morgan fingerprint density at radius 3 is 2.67 bits per heavy atom. The van der Waals surface area contributed by atoms with Gasteiger partial charge in [-0.15, -0.1) is 0 Å². The minimum absolute atomic E-state index is 0.0144. The van der Waals surface area contributed by atoms with E-state index in [1.165, 1.54) is 12.1 Å². The molecule has 6 nitrogen and oxygen atoms in total. The van der Waals surface area contributed by atoms with Gasteiger partial charge in [0.05, 0.1) is 4.90 Å². The molecule has 0 aliphatic rings. The van der Waals surface area contributed by atoms with E-state index < -0.39 is 10.0 Å². The third-order valence-corrected chi connectivity index (χ3v) is 3.82. The fourth-order valence-corrected chi connectivity index (χ4v) is 2.38. The van der Waals surface area contributed by atoms with Gasteiger partial charge in [-0.2, -0.15) is 0 Å². The van der Waals surface area contributed by atoms with Gasteiger partial charge in [0.25, 0.3) is 5.91 Å². The predicted molar refractivity (Wildman–Crippen MR) is 77.1 cm³/mol. The minimum Gasteiger partial charge on any atom is -0.456 e. The number of benzene rings is 1. The van der Waals surface area contributed by atoms with Crippen molar-refractivity contribution in [1.82, 2.24) is 5.32 Å². The number of amides is 1. The number of carbonyl (C=O) groups is 1. The van der Waals surface area contributed by atoms with Crippen molar-refractivity contribution in [3.8, 4) is 0 Å². The van der Waals surface area contributed by atoms with Crippen LogP contribution in [0.25, 0.3) is 0 Å². The highest BCUT2D eigenvalue weighted by Gasteiger charge is 2.11. The number of nitrogens with two attached hydrogens (primary N) is 1. The van der Waals surface area contributed by atoms with Crippen molar-refractivity contribution in [3.05, 3.63) is 53.5 Å². The second kappa shape index (κ2) is 6.11. The molecule has 1 amide bonds. The molecule has 0 spiro atoms. The quantitative estimate of drug-likeness (QED) is 0.872. The Hall–Kier alpha value is -2.12. The van der Waals surface area contributed by atoms with Crippen molar-refractivity contribution < 1.29 is 17.6 Å². The molecule has 0 radical (unpaired) electrons. The maximum absolute atomic E-state index is 11.9. The molecule has 0 bridgehead atoms. The number of rotatable bonds is 5. The number of nitrogens with one attached hydrogen (secondary N) is 1. The highest BCUT2D eigenvalue weighted by atomic mass is 32.2. The average molecular weight is 308 g/mol. The van der Waals surface area contributed by atoms with Crippen molar-refractivity contribution in [2.45, 2.75) is 24.8 Å². The molecule has 0 unspecified atom stereocenters. The highest BCUT2D eigenvalue weighted by Crippen LogP contribution is 2.11. The zero-order valence-corrected chi connectivity index (χ0v) is 12.3. The molecule has 1 aromatic carbocycles. The van der Waals surface area contributed by atoms with E-state index >= 15 is 0 Å². The first-order valence-corrected chi connectivity index (χ1v) is 7.93. The largest absolute Gasteiger partial charge is 0.456 e. The van der Waals surface area contributed by atoms with Gasteiger partial charge < -0.3 is 9.73 Å². The van der Waals surface area contributed by atoms with Gasteiger partial charge in [0.2, 0.25) is 10.0 Å². The first-order chi connectivity index (χ1) is 9.90. The third-order valence-electron chi connectivity index (χ3n) is 2.91. The number of hydrogen-bond acceptors (Lipinski definition) is 4. The van der Waals surface area contributed by atoms with E-state index in [1.807, 2.05) is 6.92 Å². The number of hydrogen-bond donors (Lipinski definition) is 2. The molecular formula is C14H16N2O4S. The number of primary sulfonamides is 1. The molecule has 2 rings (SSSR count). The molecule has 0 fully saturated rings. The molecule has 112 valence electrons. The summed E-state index contributed by atoms with van der Waals surface area (Å²) >= 11 is 0. The summed E-state index contributed by atoms with van der Waals surface area (Å²) in [7, 11) is -3.75. The molecule has 0 atom stereocenters. The normalized spacial score (nSPS) is 11.3. The third kappa shape index (κ3) is 3.93. The van der Waals surface area contributed by atoms with E-state index in [4.69, 9.17) is 9.56 Å². The fraction of sp³-hybridized carbons (Fsp3) is 0.214. The second-order valence-corrected chi connectivity index (χ2v) is 6.06. The van der Waals surface area contributed by atoms with E-state index in [1.54, 1.807) is 24.3 Å². The van der Waals surface area contributed by atoms with Crippen LogP contribution in [-0.4, -0.2) is 14.3 Å². The summed E-state index contributed by atoms with van der Waals surface area (Å²) in [5, 5.41) is 7.72. The number of aryl methyl sites for hydroxylation is 1. The molecule has 0 saturated carbocycles. The summed E-state index contributed by atoms with van der Waals surface area (Å²) in [6.45, 7) is 2.11. The Bertz CT molecular complexity index is 750. The smallest absolute Gasteiger partial charge is 0.287 e. The van der Waals surface area contributed by atoms with Crippen LogP contribution in [0.1, 0.15) is 28.8 Å². The average Bonchev–Trinajstić information content (AvgIpc) is 2.93. The monoisotopic (exact) mass is 308 g/mol. The van der Waals surface area contributed by atoms with Crippen molar-refractivity contribution >= 4 is 15.9 Å². The van der Waals surface area contributed by atoms with E-state index in [2.05, 4.69) is 5.32 Å². The van der Waals surface area contributed by atoms with Crippen LogP contribution in [0.3, 0.4) is 0 Å². The molecule has 0 aliphatic heterocycles. The van der Waals surface area contributed by atoms with Crippen LogP contribution < -0.4 is 10.5 Å². The van der Waals surface area contributed by atoms with Crippen LogP contribution in [0.2, 0.25) is 0 Å². The maximum Gasteiger partial charge on any atom is 0.287 e. The number of carbonyl (C=O) groups excluding carboxylic acids is 1. The molecule has 2 aromatic rings. The van der Waals surface area contributed by atoms with Gasteiger partial charge in [-0.25, -0.2) is 13.6 Å². The van der Waals surface area contributed by atoms with Crippen molar-refractivity contribution in [2.24, 2.45) is 5.14 Å². The second-order valence-electron chi connectivity index (χ2n) is 4.49. The van der Waals surface area contributed by atoms with E-state index in [0.29, 0.717) is 12.0 Å². The summed E-state index contributed by atoms with van der Waals surface area (Å²) in [4.78, 5) is 11.9. The van der Waals surface area contributed by atoms with Crippen molar-refractivity contribution in [3.63, 3.8) is 0 Å². The SMILES string of the molecule is CCc1ccc(C(=O)NCc2cccc(S(N)(=O)=O)c2)o1. The van der Waals surface area contributed by atoms with E-state index in [9.17, 15) is 13.2 Å². The molecule has 1 heterocycles. The Morgan fingerprint density at radius 2 is 2.05 bits per heavy atom. The molecule has 1 aromatic heterocycles. The molecular weight excluding hydrogens is 292 g/mol. The van der Waals surface area contributed by atoms with Gasteiger partial charge in [0.1, 0.15) is 5.76 Å². The molecule has 7 heteroatoms. The van der Waals surface area contributed by atoms with Crippen LogP contribution in [0.4, 0.5) is 0 Å². The lowest BCUT2D eigenvalue weighted by atomic mass is 10.2. The van der Waals surface area contributed by atoms with Crippen LogP contribution in [0.5, 0.6) is 0 Å². The van der Waals surface area contributed by atoms with Gasteiger partial charge in [-0.3, -0.25) is 4.79 Å². The first-order valence-electron chi connectivity index (χ1n) is 6.39. The van der Waals surface area contributed by atoms with Crippen molar-refractivity contribution in [1.29, 1.82) is 0 Å². The summed E-state index contributed by atoms with van der Waals surface area (Å²) in [5.41, 5.74) is 0.636. The predicted octanol–water partition coefficient (Wildman–Crippen LogP) is 1.42. The van der Waals surface area contributed by atoms with E-state index in [0.717, 1.165) is 5.76 Å². The zero-order valence-electron chi connectivity index (χ0n) is 11.5. The number of furan rings is 1. The lowest BCUT2D eigenvalue weighted by Crippen LogP contribution is -2.22. The molecule has 3 N–H and O–H groups in total. The summed E-state index contributed by atoms with van der Waals surface area (Å²) in [6.07, 6.45) is 0.712. The Balaban J connectivity index is 2.04. The van der Waals surface area contributed by atoms with Crippen LogP contribution in [0.15, 0.2) is 45.7 Å². The Kier molecular flexibility index (Phi) is 4.44.